The number of amides is 2. The van der Waals surface area contributed by atoms with E-state index in [1.54, 1.807) is 0 Å². The molecule has 0 aliphatic rings. The molecule has 5 heteroatoms. The van der Waals surface area contributed by atoms with E-state index in [0.29, 0.717) is 19.4 Å². The fourth-order valence-corrected chi connectivity index (χ4v) is 3.25. The molecule has 1 atom stereocenters. The van der Waals surface area contributed by atoms with Crippen molar-refractivity contribution in [1.82, 2.24) is 5.32 Å². The lowest BCUT2D eigenvalue weighted by Gasteiger charge is -2.08. The number of hydrogen-bond acceptors (Lipinski definition) is 3. The lowest BCUT2D eigenvalue weighted by Crippen LogP contribution is -2.36. The minimum atomic E-state index is -0.563. The third-order valence-corrected chi connectivity index (χ3v) is 5.14. The van der Waals surface area contributed by atoms with Crippen molar-refractivity contribution in [3.63, 3.8) is 0 Å². The van der Waals surface area contributed by atoms with Gasteiger partial charge in [0, 0.05) is 13.0 Å². The van der Waals surface area contributed by atoms with E-state index in [2.05, 4.69) is 12.2 Å². The van der Waals surface area contributed by atoms with E-state index in [-0.39, 0.29) is 5.91 Å². The second kappa shape index (κ2) is 19.7. The van der Waals surface area contributed by atoms with Crippen molar-refractivity contribution in [2.45, 2.75) is 122 Å². The normalized spacial score (nSPS) is 12.1. The minimum absolute atomic E-state index is 0.136. The molecule has 0 bridgehead atoms. The van der Waals surface area contributed by atoms with E-state index in [1.807, 2.05) is 0 Å². The van der Waals surface area contributed by atoms with Gasteiger partial charge in [-0.25, -0.2) is 0 Å². The van der Waals surface area contributed by atoms with Crippen LogP contribution in [0.4, 0.5) is 0 Å². The number of carbonyl (C=O) groups is 2. The number of rotatable bonds is 20. The zero-order chi connectivity index (χ0) is 20.2. The lowest BCUT2D eigenvalue weighted by molar-refractivity contribution is -0.121. The van der Waals surface area contributed by atoms with Gasteiger partial charge in [-0.1, -0.05) is 84.0 Å². The molecule has 5 nitrogen and oxygen atoms in total. The summed E-state index contributed by atoms with van der Waals surface area (Å²) in [7, 11) is 0. The minimum Gasteiger partial charge on any atom is -0.368 e. The number of hydrogen-bond donors (Lipinski definition) is 3. The summed E-state index contributed by atoms with van der Waals surface area (Å²) in [5.74, 6) is -0.321. The van der Waals surface area contributed by atoms with E-state index >= 15 is 0 Å². The van der Waals surface area contributed by atoms with Gasteiger partial charge in [-0.3, -0.25) is 9.59 Å². The molecule has 0 heterocycles. The van der Waals surface area contributed by atoms with Crippen LogP contribution in [0.3, 0.4) is 0 Å². The van der Waals surface area contributed by atoms with Gasteiger partial charge in [0.1, 0.15) is 0 Å². The van der Waals surface area contributed by atoms with E-state index in [1.165, 1.54) is 70.6 Å². The van der Waals surface area contributed by atoms with E-state index < -0.39 is 11.9 Å². The van der Waals surface area contributed by atoms with Gasteiger partial charge in [-0.05, 0) is 25.7 Å². The van der Waals surface area contributed by atoms with Crippen molar-refractivity contribution in [3.8, 4) is 0 Å². The Hall–Kier alpha value is -1.10. The fraction of sp³-hybridized carbons (Fsp3) is 0.909. The van der Waals surface area contributed by atoms with Gasteiger partial charge >= 0.3 is 0 Å². The van der Waals surface area contributed by atoms with E-state index in [9.17, 15) is 9.59 Å². The summed E-state index contributed by atoms with van der Waals surface area (Å²) >= 11 is 0. The van der Waals surface area contributed by atoms with Crippen LogP contribution in [0.5, 0.6) is 0 Å². The average molecular weight is 384 g/mol. The Morgan fingerprint density at radius 1 is 0.741 bits per heavy atom. The molecule has 0 aromatic heterocycles. The van der Waals surface area contributed by atoms with Gasteiger partial charge in [-0.15, -0.1) is 0 Å². The van der Waals surface area contributed by atoms with Crippen LogP contribution in [0.2, 0.25) is 0 Å². The van der Waals surface area contributed by atoms with Gasteiger partial charge in [0.25, 0.3) is 0 Å². The monoisotopic (exact) mass is 383 g/mol. The summed E-state index contributed by atoms with van der Waals surface area (Å²) in [5, 5.41) is 2.93. The fourth-order valence-electron chi connectivity index (χ4n) is 3.25. The van der Waals surface area contributed by atoms with Gasteiger partial charge in [0.15, 0.2) is 0 Å². The maximum Gasteiger partial charge on any atom is 0.234 e. The number of nitrogens with two attached hydrogens (primary N) is 2. The van der Waals surface area contributed by atoms with Gasteiger partial charge in [0.05, 0.1) is 6.04 Å². The summed E-state index contributed by atoms with van der Waals surface area (Å²) in [4.78, 5) is 22.5. The Bertz CT molecular complexity index is 361. The van der Waals surface area contributed by atoms with Crippen LogP contribution >= 0.6 is 0 Å². The molecule has 0 aliphatic heterocycles. The Balaban J connectivity index is 3.22. The van der Waals surface area contributed by atoms with Crippen molar-refractivity contribution in [3.05, 3.63) is 0 Å². The van der Waals surface area contributed by atoms with Gasteiger partial charge < -0.3 is 16.8 Å². The predicted molar refractivity (Wildman–Crippen MR) is 114 cm³/mol. The number of primary amides is 1. The van der Waals surface area contributed by atoms with Crippen LogP contribution < -0.4 is 16.8 Å². The second-order valence-corrected chi connectivity index (χ2v) is 7.85. The highest BCUT2D eigenvalue weighted by molar-refractivity contribution is 5.79. The highest BCUT2D eigenvalue weighted by atomic mass is 16.2. The molecular weight excluding hydrogens is 338 g/mol. The molecule has 27 heavy (non-hydrogen) atoms. The molecule has 0 radical (unpaired) electrons. The van der Waals surface area contributed by atoms with Crippen molar-refractivity contribution in [2.75, 3.05) is 6.54 Å². The Morgan fingerprint density at radius 2 is 1.22 bits per heavy atom. The maximum absolute atomic E-state index is 11.7. The Labute approximate surface area is 167 Å². The number of carbonyl (C=O) groups excluding carboxylic acids is 2. The molecule has 0 fully saturated rings. The summed E-state index contributed by atoms with van der Waals surface area (Å²) < 4.78 is 0. The van der Waals surface area contributed by atoms with Crippen molar-refractivity contribution in [1.29, 1.82) is 0 Å². The zero-order valence-corrected chi connectivity index (χ0v) is 17.8. The Morgan fingerprint density at radius 3 is 1.70 bits per heavy atom. The topological polar surface area (TPSA) is 98.2 Å². The van der Waals surface area contributed by atoms with Crippen LogP contribution in [0.25, 0.3) is 0 Å². The molecule has 0 saturated carbocycles. The van der Waals surface area contributed by atoms with E-state index in [4.69, 9.17) is 11.5 Å². The highest BCUT2D eigenvalue weighted by Crippen LogP contribution is 2.12. The molecule has 1 unspecified atom stereocenters. The van der Waals surface area contributed by atoms with Crippen molar-refractivity contribution >= 4 is 11.8 Å². The lowest BCUT2D eigenvalue weighted by atomic mass is 10.0. The second-order valence-electron chi connectivity index (χ2n) is 7.85. The molecule has 0 aliphatic carbocycles. The first-order chi connectivity index (χ1) is 13.1. The van der Waals surface area contributed by atoms with Crippen molar-refractivity contribution < 1.29 is 9.59 Å². The van der Waals surface area contributed by atoms with Crippen LogP contribution in [-0.2, 0) is 9.59 Å². The predicted octanol–water partition coefficient (Wildman–Crippen LogP) is 4.57. The Kier molecular flexibility index (Phi) is 18.9. The summed E-state index contributed by atoms with van der Waals surface area (Å²) in [5.41, 5.74) is 10.7. The maximum atomic E-state index is 11.7. The molecule has 0 aromatic rings. The number of nitrogens with one attached hydrogen (secondary N) is 1. The molecule has 0 spiro atoms. The van der Waals surface area contributed by atoms with E-state index in [0.717, 1.165) is 25.7 Å². The average Bonchev–Trinajstić information content (AvgIpc) is 2.64. The third-order valence-electron chi connectivity index (χ3n) is 5.14. The first kappa shape index (κ1) is 25.9. The quantitative estimate of drug-likeness (QED) is 0.269. The van der Waals surface area contributed by atoms with Crippen LogP contribution in [-0.4, -0.2) is 24.4 Å². The largest absolute Gasteiger partial charge is 0.368 e. The summed E-state index contributed by atoms with van der Waals surface area (Å²) in [6, 6.07) is -0.563. The molecular formula is C22H45N3O2. The molecule has 0 aromatic carbocycles. The smallest absolute Gasteiger partial charge is 0.234 e. The summed E-state index contributed by atoms with van der Waals surface area (Å²) in [6.45, 7) is 2.92. The molecule has 160 valence electrons. The van der Waals surface area contributed by atoms with Gasteiger partial charge in [0.2, 0.25) is 11.8 Å². The molecule has 0 saturated heterocycles. The molecule has 0 rings (SSSR count). The standard InChI is InChI=1S/C22H45N3O2/c1-2-3-4-5-6-7-8-9-10-11-12-13-14-18-21(26)25-19-16-15-17-20(23)22(24)27/h20H,2-19,23H2,1H3,(H2,24,27)(H,25,26). The van der Waals surface area contributed by atoms with Crippen LogP contribution in [0, 0.1) is 0 Å². The van der Waals surface area contributed by atoms with Crippen LogP contribution in [0.1, 0.15) is 116 Å². The SMILES string of the molecule is CCCCCCCCCCCCCCCC(=O)NCCCCC(N)C(N)=O. The molecule has 5 N–H and O–H groups in total. The van der Waals surface area contributed by atoms with Crippen LogP contribution in [0.15, 0.2) is 0 Å². The third kappa shape index (κ3) is 19.5. The van der Waals surface area contributed by atoms with Crippen molar-refractivity contribution in [2.24, 2.45) is 11.5 Å². The van der Waals surface area contributed by atoms with Gasteiger partial charge in [-0.2, -0.15) is 0 Å². The number of unbranched alkanes of at least 4 members (excludes halogenated alkanes) is 13. The highest BCUT2D eigenvalue weighted by Gasteiger charge is 2.08. The first-order valence-electron chi connectivity index (χ1n) is 11.4. The molecule has 2 amide bonds. The summed E-state index contributed by atoms with van der Waals surface area (Å²) in [6.07, 6.45) is 20.0. The first-order valence-corrected chi connectivity index (χ1v) is 11.4. The zero-order valence-electron chi connectivity index (χ0n) is 17.8.